The molecule has 1 saturated carbocycles. The Labute approximate surface area is 137 Å². The van der Waals surface area contributed by atoms with E-state index in [0.29, 0.717) is 10.9 Å². The summed E-state index contributed by atoms with van der Waals surface area (Å²) < 4.78 is 18.1. The molecule has 0 radical (unpaired) electrons. The van der Waals surface area contributed by atoms with Gasteiger partial charge in [0, 0.05) is 11.7 Å². The van der Waals surface area contributed by atoms with Crippen molar-refractivity contribution in [3.63, 3.8) is 0 Å². The average molecular weight is 324 g/mol. The summed E-state index contributed by atoms with van der Waals surface area (Å²) in [6.45, 7) is 8.14. The zero-order chi connectivity index (χ0) is 16.0. The molecule has 0 N–H and O–H groups in total. The molecule has 0 unspecified atom stereocenters. The van der Waals surface area contributed by atoms with Crippen LogP contribution < -0.4 is 10.2 Å². The predicted octanol–water partition coefficient (Wildman–Crippen LogP) is 3.36. The van der Waals surface area contributed by atoms with E-state index in [9.17, 15) is 0 Å². The SMILES string of the molecule is CC1(C)OB(c2cnc(Cl)c(OC3CCCC3)c2)OC1(C)C. The van der Waals surface area contributed by atoms with E-state index < -0.39 is 7.12 Å². The van der Waals surface area contributed by atoms with E-state index in [0.717, 1.165) is 18.3 Å². The van der Waals surface area contributed by atoms with Crippen LogP contribution in [0, 0.1) is 0 Å². The molecule has 2 heterocycles. The quantitative estimate of drug-likeness (QED) is 0.632. The van der Waals surface area contributed by atoms with Crippen LogP contribution in [0.2, 0.25) is 5.15 Å². The summed E-state index contributed by atoms with van der Waals surface area (Å²) in [5, 5.41) is 0.396. The van der Waals surface area contributed by atoms with Crippen molar-refractivity contribution in [2.75, 3.05) is 0 Å². The molecule has 22 heavy (non-hydrogen) atoms. The van der Waals surface area contributed by atoms with Crippen LogP contribution in [0.1, 0.15) is 53.4 Å². The minimum Gasteiger partial charge on any atom is -0.487 e. The first-order valence-electron chi connectivity index (χ1n) is 7.96. The molecule has 0 aromatic carbocycles. The fourth-order valence-corrected chi connectivity index (χ4v) is 2.97. The summed E-state index contributed by atoms with van der Waals surface area (Å²) in [6, 6.07) is 1.90. The highest BCUT2D eigenvalue weighted by molar-refractivity contribution is 6.62. The molecule has 0 bridgehead atoms. The summed E-state index contributed by atoms with van der Waals surface area (Å²) >= 11 is 6.18. The maximum atomic E-state index is 6.18. The van der Waals surface area contributed by atoms with E-state index in [1.165, 1.54) is 12.8 Å². The number of rotatable bonds is 3. The second-order valence-electron chi connectivity index (χ2n) is 7.17. The fourth-order valence-electron chi connectivity index (χ4n) is 2.82. The lowest BCUT2D eigenvalue weighted by atomic mass is 9.80. The van der Waals surface area contributed by atoms with Crippen molar-refractivity contribution in [2.24, 2.45) is 0 Å². The zero-order valence-corrected chi connectivity index (χ0v) is 14.4. The Hall–Kier alpha value is -0.775. The largest absolute Gasteiger partial charge is 0.496 e. The molecule has 0 spiro atoms. The van der Waals surface area contributed by atoms with Gasteiger partial charge in [-0.2, -0.15) is 0 Å². The number of halogens is 1. The summed E-state index contributed by atoms with van der Waals surface area (Å²) in [5.41, 5.74) is 0.101. The van der Waals surface area contributed by atoms with Gasteiger partial charge in [-0.1, -0.05) is 11.6 Å². The number of aromatic nitrogens is 1. The summed E-state index contributed by atoms with van der Waals surface area (Å²) in [7, 11) is -0.444. The lowest BCUT2D eigenvalue weighted by Crippen LogP contribution is -2.41. The van der Waals surface area contributed by atoms with Gasteiger partial charge in [0.25, 0.3) is 0 Å². The minimum absolute atomic E-state index is 0.243. The van der Waals surface area contributed by atoms with E-state index >= 15 is 0 Å². The third kappa shape index (κ3) is 2.99. The highest BCUT2D eigenvalue weighted by Crippen LogP contribution is 2.37. The van der Waals surface area contributed by atoms with Crippen molar-refractivity contribution < 1.29 is 14.0 Å². The monoisotopic (exact) mass is 323 g/mol. The van der Waals surface area contributed by atoms with Crippen molar-refractivity contribution in [2.45, 2.75) is 70.7 Å². The average Bonchev–Trinajstić information content (AvgIpc) is 2.99. The lowest BCUT2D eigenvalue weighted by molar-refractivity contribution is 0.00578. The molecule has 4 nitrogen and oxygen atoms in total. The maximum Gasteiger partial charge on any atom is 0.496 e. The summed E-state index contributed by atoms with van der Waals surface area (Å²) in [6.07, 6.45) is 6.53. The lowest BCUT2D eigenvalue weighted by Gasteiger charge is -2.32. The Morgan fingerprint density at radius 3 is 2.36 bits per heavy atom. The molecule has 120 valence electrons. The topological polar surface area (TPSA) is 40.6 Å². The van der Waals surface area contributed by atoms with Gasteiger partial charge in [0.15, 0.2) is 10.9 Å². The number of pyridine rings is 1. The summed E-state index contributed by atoms with van der Waals surface area (Å²) in [5.74, 6) is 0.626. The van der Waals surface area contributed by atoms with Crippen molar-refractivity contribution in [1.82, 2.24) is 4.98 Å². The van der Waals surface area contributed by atoms with Crippen LogP contribution in [0.15, 0.2) is 12.3 Å². The molecular formula is C16H23BClNO3. The van der Waals surface area contributed by atoms with Crippen LogP contribution in [-0.4, -0.2) is 29.4 Å². The molecule has 6 heteroatoms. The second kappa shape index (κ2) is 5.70. The molecule has 1 aliphatic heterocycles. The van der Waals surface area contributed by atoms with Crippen LogP contribution >= 0.6 is 11.6 Å². The van der Waals surface area contributed by atoms with Gasteiger partial charge < -0.3 is 14.0 Å². The molecule has 1 aromatic rings. The first-order valence-corrected chi connectivity index (χ1v) is 8.34. The first-order chi connectivity index (χ1) is 10.3. The molecule has 2 aliphatic rings. The Kier molecular flexibility index (Phi) is 4.17. The highest BCUT2D eigenvalue weighted by Gasteiger charge is 2.52. The molecule has 0 atom stereocenters. The van der Waals surface area contributed by atoms with Crippen LogP contribution in [0.25, 0.3) is 0 Å². The molecule has 1 aliphatic carbocycles. The van der Waals surface area contributed by atoms with Gasteiger partial charge in [0.2, 0.25) is 0 Å². The van der Waals surface area contributed by atoms with Crippen LogP contribution in [0.4, 0.5) is 0 Å². The van der Waals surface area contributed by atoms with Crippen molar-refractivity contribution in [1.29, 1.82) is 0 Å². The van der Waals surface area contributed by atoms with Gasteiger partial charge in [-0.25, -0.2) is 4.98 Å². The van der Waals surface area contributed by atoms with E-state index in [4.69, 9.17) is 25.6 Å². The van der Waals surface area contributed by atoms with Crippen LogP contribution in [-0.2, 0) is 9.31 Å². The van der Waals surface area contributed by atoms with Crippen LogP contribution in [0.5, 0.6) is 5.75 Å². The highest BCUT2D eigenvalue weighted by atomic mass is 35.5. The molecule has 3 rings (SSSR count). The van der Waals surface area contributed by atoms with Gasteiger partial charge in [-0.05, 0) is 59.4 Å². The molecular weight excluding hydrogens is 300 g/mol. The van der Waals surface area contributed by atoms with Crippen molar-refractivity contribution in [3.8, 4) is 5.75 Å². The Bertz CT molecular complexity index is 542. The standard InChI is InChI=1S/C16H23BClNO3/c1-15(2)16(3,4)22-17(21-15)11-9-13(14(18)19-10-11)20-12-7-5-6-8-12/h9-10,12H,5-8H2,1-4H3. The molecule has 1 aromatic heterocycles. The normalized spacial score (nSPS) is 24.0. The Morgan fingerprint density at radius 2 is 1.77 bits per heavy atom. The third-order valence-electron chi connectivity index (χ3n) is 4.95. The molecule has 0 amide bonds. The van der Waals surface area contributed by atoms with Crippen molar-refractivity contribution >= 4 is 24.2 Å². The Morgan fingerprint density at radius 1 is 1.18 bits per heavy atom. The fraction of sp³-hybridized carbons (Fsp3) is 0.688. The number of hydrogen-bond acceptors (Lipinski definition) is 4. The molecule has 2 fully saturated rings. The minimum atomic E-state index is -0.444. The number of nitrogens with zero attached hydrogens (tertiary/aromatic N) is 1. The number of hydrogen-bond donors (Lipinski definition) is 0. The van der Waals surface area contributed by atoms with Gasteiger partial charge in [-0.3, -0.25) is 0 Å². The zero-order valence-electron chi connectivity index (χ0n) is 13.7. The van der Waals surface area contributed by atoms with Gasteiger partial charge in [0.1, 0.15) is 0 Å². The number of ether oxygens (including phenoxy) is 1. The van der Waals surface area contributed by atoms with Gasteiger partial charge in [0.05, 0.1) is 17.3 Å². The molecule has 1 saturated heterocycles. The predicted molar refractivity (Wildman–Crippen MR) is 87.8 cm³/mol. The summed E-state index contributed by atoms with van der Waals surface area (Å²) in [4.78, 5) is 4.24. The van der Waals surface area contributed by atoms with Gasteiger partial charge in [-0.15, -0.1) is 0 Å². The van der Waals surface area contributed by atoms with Gasteiger partial charge >= 0.3 is 7.12 Å². The third-order valence-corrected chi connectivity index (χ3v) is 5.23. The first kappa shape index (κ1) is 16.1. The van der Waals surface area contributed by atoms with E-state index in [-0.39, 0.29) is 17.3 Å². The maximum absolute atomic E-state index is 6.18. The van der Waals surface area contributed by atoms with Crippen LogP contribution in [0.3, 0.4) is 0 Å². The van der Waals surface area contributed by atoms with E-state index in [1.807, 2.05) is 33.8 Å². The van der Waals surface area contributed by atoms with Crippen molar-refractivity contribution in [3.05, 3.63) is 17.4 Å². The van der Waals surface area contributed by atoms with E-state index in [2.05, 4.69) is 4.98 Å². The second-order valence-corrected chi connectivity index (χ2v) is 7.53. The smallest absolute Gasteiger partial charge is 0.487 e. The van der Waals surface area contributed by atoms with E-state index in [1.54, 1.807) is 6.20 Å². The Balaban J connectivity index is 1.80.